The maximum absolute atomic E-state index is 13.3. The lowest BCUT2D eigenvalue weighted by Gasteiger charge is -2.32. The first-order valence-electron chi connectivity index (χ1n) is 10.5. The Morgan fingerprint density at radius 3 is 2.54 bits per heavy atom. The highest BCUT2D eigenvalue weighted by molar-refractivity contribution is 6.42. The SMILES string of the molecule is C=CC(=O)NC1CCOCC1Nc1ncc2cc(C(=O)c3c(Cl)c(OC)cc(OC)c3Cl)oc2n1. The van der Waals surface area contributed by atoms with E-state index in [1.54, 1.807) is 0 Å². The summed E-state index contributed by atoms with van der Waals surface area (Å²) in [5.41, 5.74) is 0.159. The van der Waals surface area contributed by atoms with Gasteiger partial charge in [-0.15, -0.1) is 0 Å². The minimum atomic E-state index is -0.572. The lowest BCUT2D eigenvalue weighted by molar-refractivity contribution is -0.117. The van der Waals surface area contributed by atoms with Crippen LogP contribution < -0.4 is 20.1 Å². The van der Waals surface area contributed by atoms with Crippen molar-refractivity contribution < 1.29 is 28.2 Å². The quantitative estimate of drug-likeness (QED) is 0.338. The molecule has 1 aliphatic rings. The molecule has 2 aromatic heterocycles. The summed E-state index contributed by atoms with van der Waals surface area (Å²) in [7, 11) is 2.83. The van der Waals surface area contributed by atoms with E-state index in [1.807, 2.05) is 0 Å². The summed E-state index contributed by atoms with van der Waals surface area (Å²) in [4.78, 5) is 33.7. The van der Waals surface area contributed by atoms with Crippen molar-refractivity contribution in [3.8, 4) is 11.5 Å². The van der Waals surface area contributed by atoms with E-state index in [9.17, 15) is 9.59 Å². The van der Waals surface area contributed by atoms with Crippen LogP contribution in [0.2, 0.25) is 10.0 Å². The normalized spacial score (nSPS) is 17.6. The Kier molecular flexibility index (Phi) is 7.44. The van der Waals surface area contributed by atoms with Crippen molar-refractivity contribution in [2.24, 2.45) is 0 Å². The average Bonchev–Trinajstić information content (AvgIpc) is 3.29. The molecule has 1 saturated heterocycles. The number of benzene rings is 1. The minimum Gasteiger partial charge on any atom is -0.495 e. The Hall–Kier alpha value is -3.34. The monoisotopic (exact) mass is 520 g/mol. The molecule has 2 unspecified atom stereocenters. The molecule has 12 heteroatoms. The number of nitrogens with zero attached hydrogens (tertiary/aromatic N) is 2. The lowest BCUT2D eigenvalue weighted by Crippen LogP contribution is -2.52. The molecule has 0 radical (unpaired) electrons. The Morgan fingerprint density at radius 2 is 1.89 bits per heavy atom. The number of methoxy groups -OCH3 is 2. The molecule has 3 heterocycles. The average molecular weight is 521 g/mol. The second-order valence-corrected chi connectivity index (χ2v) is 8.37. The molecular weight excluding hydrogens is 499 g/mol. The predicted octanol–water partition coefficient (Wildman–Crippen LogP) is 3.65. The first-order chi connectivity index (χ1) is 16.9. The predicted molar refractivity (Wildman–Crippen MR) is 130 cm³/mol. The van der Waals surface area contributed by atoms with Crippen LogP contribution in [-0.4, -0.2) is 61.2 Å². The maximum atomic E-state index is 13.3. The molecule has 1 fully saturated rings. The van der Waals surface area contributed by atoms with Crippen molar-refractivity contribution in [3.63, 3.8) is 0 Å². The summed E-state index contributed by atoms with van der Waals surface area (Å²) in [6.07, 6.45) is 3.35. The smallest absolute Gasteiger partial charge is 0.243 e. The van der Waals surface area contributed by atoms with E-state index >= 15 is 0 Å². The van der Waals surface area contributed by atoms with Crippen LogP contribution in [0.5, 0.6) is 11.5 Å². The zero-order valence-electron chi connectivity index (χ0n) is 18.9. The van der Waals surface area contributed by atoms with Gasteiger partial charge >= 0.3 is 0 Å². The molecule has 2 N–H and O–H groups in total. The molecular formula is C23H22Cl2N4O6. The van der Waals surface area contributed by atoms with Crippen molar-refractivity contribution in [3.05, 3.63) is 52.4 Å². The summed E-state index contributed by atoms with van der Waals surface area (Å²) in [6, 6.07) is 2.51. The molecule has 2 atom stereocenters. The number of rotatable bonds is 8. The molecule has 0 bridgehead atoms. The number of amides is 1. The second-order valence-electron chi connectivity index (χ2n) is 7.61. The fourth-order valence-corrected chi connectivity index (χ4v) is 4.35. The van der Waals surface area contributed by atoms with Crippen LogP contribution in [0.25, 0.3) is 11.1 Å². The van der Waals surface area contributed by atoms with Gasteiger partial charge in [-0.25, -0.2) is 4.98 Å². The van der Waals surface area contributed by atoms with Crippen LogP contribution in [-0.2, 0) is 9.53 Å². The van der Waals surface area contributed by atoms with Crippen molar-refractivity contribution in [2.75, 3.05) is 32.8 Å². The van der Waals surface area contributed by atoms with Gasteiger partial charge in [-0.05, 0) is 18.6 Å². The number of ether oxygens (including phenoxy) is 3. The number of halogens is 2. The second kappa shape index (κ2) is 10.5. The summed E-state index contributed by atoms with van der Waals surface area (Å²) in [5, 5.41) is 6.59. The van der Waals surface area contributed by atoms with E-state index in [4.69, 9.17) is 41.8 Å². The van der Waals surface area contributed by atoms with Crippen LogP contribution in [0, 0.1) is 0 Å². The minimum absolute atomic E-state index is 0.0185. The third-order valence-electron chi connectivity index (χ3n) is 5.48. The van der Waals surface area contributed by atoms with Crippen molar-refractivity contribution in [1.82, 2.24) is 15.3 Å². The van der Waals surface area contributed by atoms with Gasteiger partial charge in [-0.3, -0.25) is 9.59 Å². The van der Waals surface area contributed by atoms with Gasteiger partial charge in [0.2, 0.25) is 23.4 Å². The van der Waals surface area contributed by atoms with Gasteiger partial charge in [-0.2, -0.15) is 4.98 Å². The first kappa shape index (κ1) is 24.8. The summed E-state index contributed by atoms with van der Waals surface area (Å²) in [6.45, 7) is 4.34. The molecule has 10 nitrogen and oxygen atoms in total. The van der Waals surface area contributed by atoms with E-state index in [0.29, 0.717) is 25.0 Å². The van der Waals surface area contributed by atoms with E-state index in [2.05, 4.69) is 27.2 Å². The third-order valence-corrected chi connectivity index (χ3v) is 6.23. The topological polar surface area (TPSA) is 125 Å². The van der Waals surface area contributed by atoms with Crippen LogP contribution >= 0.6 is 23.2 Å². The lowest BCUT2D eigenvalue weighted by atomic mass is 10.0. The Morgan fingerprint density at radius 1 is 1.17 bits per heavy atom. The molecule has 1 aromatic carbocycles. The Bertz CT molecular complexity index is 1270. The number of fused-ring (bicyclic) bond motifs is 1. The molecule has 3 aromatic rings. The number of carbonyl (C=O) groups is 2. The van der Waals surface area contributed by atoms with Gasteiger partial charge in [0.1, 0.15) is 11.5 Å². The van der Waals surface area contributed by atoms with Crippen LogP contribution in [0.3, 0.4) is 0 Å². The summed E-state index contributed by atoms with van der Waals surface area (Å²) < 4.78 is 21.7. The molecule has 35 heavy (non-hydrogen) atoms. The number of furan rings is 1. The van der Waals surface area contributed by atoms with Crippen molar-refractivity contribution in [1.29, 1.82) is 0 Å². The number of hydrogen-bond donors (Lipinski definition) is 2. The largest absolute Gasteiger partial charge is 0.495 e. The standard InChI is InChI=1S/C23H22Cl2N4O6/c1-4-17(30)27-12-5-6-34-10-13(12)28-23-26-9-11-7-16(35-22(11)29-23)21(31)18-19(24)14(32-2)8-15(33-3)20(18)25/h4,7-9,12-13H,1,5-6,10H2,2-3H3,(H,27,30)(H,26,28,29). The molecule has 1 amide bonds. The zero-order valence-corrected chi connectivity index (χ0v) is 20.4. The van der Waals surface area contributed by atoms with E-state index < -0.39 is 5.78 Å². The highest BCUT2D eigenvalue weighted by atomic mass is 35.5. The molecule has 184 valence electrons. The summed E-state index contributed by atoms with van der Waals surface area (Å²) in [5.74, 6) is -0.183. The molecule has 0 spiro atoms. The van der Waals surface area contributed by atoms with Crippen LogP contribution in [0.15, 0.2) is 35.4 Å². The molecule has 1 aliphatic heterocycles. The number of anilines is 1. The number of nitrogens with one attached hydrogen (secondary N) is 2. The van der Waals surface area contributed by atoms with Crippen molar-refractivity contribution in [2.45, 2.75) is 18.5 Å². The fraction of sp³-hybridized carbons (Fsp3) is 0.304. The zero-order chi connectivity index (χ0) is 25.1. The Labute approximate surface area is 210 Å². The third kappa shape index (κ3) is 5.04. The number of carbonyl (C=O) groups excluding carboxylic acids is 2. The van der Waals surface area contributed by atoms with Gasteiger partial charge in [0.25, 0.3) is 0 Å². The molecule has 0 saturated carbocycles. The highest BCUT2D eigenvalue weighted by Gasteiger charge is 2.29. The van der Waals surface area contributed by atoms with Gasteiger partial charge in [0, 0.05) is 18.9 Å². The van der Waals surface area contributed by atoms with E-state index in [-0.39, 0.29) is 62.5 Å². The molecule has 4 rings (SSSR count). The molecule has 0 aliphatic carbocycles. The number of hydrogen-bond acceptors (Lipinski definition) is 9. The van der Waals surface area contributed by atoms with E-state index in [0.717, 1.165) is 0 Å². The van der Waals surface area contributed by atoms with E-state index in [1.165, 1.54) is 38.6 Å². The number of ketones is 1. The fourth-order valence-electron chi connectivity index (χ4n) is 3.68. The van der Waals surface area contributed by atoms with Crippen LogP contribution in [0.4, 0.5) is 5.95 Å². The Balaban J connectivity index is 1.62. The summed E-state index contributed by atoms with van der Waals surface area (Å²) >= 11 is 12.7. The maximum Gasteiger partial charge on any atom is 0.243 e. The van der Waals surface area contributed by atoms with Gasteiger partial charge in [0.05, 0.1) is 53.9 Å². The van der Waals surface area contributed by atoms with Gasteiger partial charge < -0.3 is 29.3 Å². The van der Waals surface area contributed by atoms with Crippen LogP contribution in [0.1, 0.15) is 22.5 Å². The van der Waals surface area contributed by atoms with Gasteiger partial charge in [-0.1, -0.05) is 29.8 Å². The van der Waals surface area contributed by atoms with Crippen molar-refractivity contribution >= 4 is 51.9 Å². The highest BCUT2D eigenvalue weighted by Crippen LogP contribution is 2.41. The first-order valence-corrected chi connectivity index (χ1v) is 11.3. The number of aromatic nitrogens is 2. The van der Waals surface area contributed by atoms with Gasteiger partial charge in [0.15, 0.2) is 5.76 Å².